The van der Waals surface area contributed by atoms with E-state index in [1.54, 1.807) is 0 Å². The summed E-state index contributed by atoms with van der Waals surface area (Å²) in [5.41, 5.74) is -1.80. The monoisotopic (exact) mass is 345 g/mol. The molecule has 10 heteroatoms. The van der Waals surface area contributed by atoms with Crippen LogP contribution in [0.3, 0.4) is 0 Å². The lowest BCUT2D eigenvalue weighted by molar-refractivity contribution is 0.372. The molecule has 130 valence electrons. The summed E-state index contributed by atoms with van der Waals surface area (Å²) in [4.78, 5) is 41.1. The topological polar surface area (TPSA) is 100 Å². The van der Waals surface area contributed by atoms with Gasteiger partial charge in [-0.1, -0.05) is 6.08 Å². The van der Waals surface area contributed by atoms with Crippen molar-refractivity contribution in [3.8, 4) is 0 Å². The first-order chi connectivity index (χ1) is 12.1. The second-order valence-electron chi connectivity index (χ2n) is 5.99. The zero-order valence-electron chi connectivity index (χ0n) is 13.3. The highest BCUT2D eigenvalue weighted by atomic mass is 16.6. The molecule has 0 bridgehead atoms. The zero-order valence-corrected chi connectivity index (χ0v) is 13.3. The molecule has 2 aliphatic rings. The fourth-order valence-electron chi connectivity index (χ4n) is 2.93. The molecule has 0 radical (unpaired) electrons. The van der Waals surface area contributed by atoms with E-state index in [2.05, 4.69) is 11.5 Å². The summed E-state index contributed by atoms with van der Waals surface area (Å²) in [6.45, 7) is 12.3. The Kier molecular flexibility index (Phi) is 3.48. The van der Waals surface area contributed by atoms with E-state index in [-0.39, 0.29) is 43.0 Å². The number of aromatic nitrogens is 4. The van der Waals surface area contributed by atoms with Crippen LogP contribution in [0.4, 0.5) is 0 Å². The normalized spacial score (nSPS) is 21.2. The molecule has 2 fully saturated rings. The molecule has 2 aliphatic heterocycles. The van der Waals surface area contributed by atoms with Crippen LogP contribution in [-0.2, 0) is 29.1 Å². The largest absolute Gasteiger partial charge is 0.401 e. The highest BCUT2D eigenvalue weighted by Gasteiger charge is 2.32. The molecule has 4 rings (SSSR count). The van der Waals surface area contributed by atoms with Gasteiger partial charge in [-0.3, -0.25) is 18.5 Å². The van der Waals surface area contributed by atoms with Crippen molar-refractivity contribution < 1.29 is 9.47 Å². The molecular formula is C15H15N5O5. The Bertz CT molecular complexity index is 1090. The number of hydrogen-bond acceptors (Lipinski definition) is 5. The SMILES string of the molecule is [C-]#[N+]n1c(=O)c2c(n(CC3CO3)c1=O)n(CC1CO1)c(=O)n2CC=C. The summed E-state index contributed by atoms with van der Waals surface area (Å²) in [6, 6.07) is 0. The van der Waals surface area contributed by atoms with Crippen LogP contribution in [0.1, 0.15) is 0 Å². The van der Waals surface area contributed by atoms with Crippen LogP contribution in [0.25, 0.3) is 16.1 Å². The summed E-state index contributed by atoms with van der Waals surface area (Å²) >= 11 is 0. The van der Waals surface area contributed by atoms with Gasteiger partial charge in [0.2, 0.25) is 0 Å². The maximum Gasteiger partial charge on any atom is 0.401 e. The molecule has 0 aliphatic carbocycles. The summed E-state index contributed by atoms with van der Waals surface area (Å²) in [5.74, 6) is 0. The molecule has 0 aromatic carbocycles. The Morgan fingerprint density at radius 1 is 1.08 bits per heavy atom. The van der Waals surface area contributed by atoms with Gasteiger partial charge in [-0.25, -0.2) is 9.59 Å². The molecule has 2 saturated heterocycles. The number of rotatable bonds is 6. The minimum atomic E-state index is -0.808. The lowest BCUT2D eigenvalue weighted by Gasteiger charge is -2.08. The maximum atomic E-state index is 12.8. The fourth-order valence-corrected chi connectivity index (χ4v) is 2.93. The van der Waals surface area contributed by atoms with Gasteiger partial charge in [0.1, 0.15) is 0 Å². The number of fused-ring (bicyclic) bond motifs is 1. The predicted octanol–water partition coefficient (Wildman–Crippen LogP) is -1.21. The number of allylic oxidation sites excluding steroid dienone is 1. The quantitative estimate of drug-likeness (QED) is 0.372. The van der Waals surface area contributed by atoms with E-state index in [0.717, 1.165) is 0 Å². The molecule has 0 spiro atoms. The molecule has 0 amide bonds. The summed E-state index contributed by atoms with van der Waals surface area (Å²) < 4.78 is 14.7. The molecule has 2 aromatic rings. The van der Waals surface area contributed by atoms with E-state index < -0.39 is 16.9 Å². The van der Waals surface area contributed by atoms with Gasteiger partial charge in [-0.15, -0.1) is 11.5 Å². The van der Waals surface area contributed by atoms with Crippen LogP contribution >= 0.6 is 0 Å². The molecule has 10 nitrogen and oxygen atoms in total. The third kappa shape index (κ3) is 2.45. The van der Waals surface area contributed by atoms with Crippen LogP contribution in [-0.4, -0.2) is 43.8 Å². The third-order valence-corrected chi connectivity index (χ3v) is 4.25. The number of nitrogens with zero attached hydrogens (tertiary/aromatic N) is 5. The van der Waals surface area contributed by atoms with E-state index in [9.17, 15) is 14.4 Å². The second kappa shape index (κ2) is 5.58. The van der Waals surface area contributed by atoms with E-state index in [1.807, 2.05) is 0 Å². The van der Waals surface area contributed by atoms with Gasteiger partial charge in [-0.2, -0.15) is 6.57 Å². The Balaban J connectivity index is 2.12. The van der Waals surface area contributed by atoms with Crippen molar-refractivity contribution in [3.63, 3.8) is 0 Å². The highest BCUT2D eigenvalue weighted by Crippen LogP contribution is 2.18. The number of epoxide rings is 2. The Morgan fingerprint density at radius 3 is 2.12 bits per heavy atom. The zero-order chi connectivity index (χ0) is 17.7. The molecule has 2 atom stereocenters. The lowest BCUT2D eigenvalue weighted by atomic mass is 10.4. The molecule has 4 heterocycles. The standard InChI is InChI=1S/C15H15N5O5/c1-3-4-17-11-12(18(14(17)22)5-9-7-24-9)19(6-10-8-25-10)15(23)20(16-2)13(11)21/h3,9-10H,1,4-8H2. The smallest absolute Gasteiger partial charge is 0.371 e. The van der Waals surface area contributed by atoms with E-state index in [0.29, 0.717) is 17.9 Å². The van der Waals surface area contributed by atoms with Crippen LogP contribution in [0.2, 0.25) is 0 Å². The minimum Gasteiger partial charge on any atom is -0.371 e. The summed E-state index contributed by atoms with van der Waals surface area (Å²) in [7, 11) is 0. The van der Waals surface area contributed by atoms with Gasteiger partial charge in [-0.05, 0) is 0 Å². The van der Waals surface area contributed by atoms with Crippen molar-refractivity contribution >= 4 is 11.2 Å². The van der Waals surface area contributed by atoms with E-state index in [1.165, 1.54) is 19.8 Å². The summed E-state index contributed by atoms with van der Waals surface area (Å²) in [5, 5.41) is 0. The first-order valence-electron chi connectivity index (χ1n) is 7.77. The van der Waals surface area contributed by atoms with Gasteiger partial charge in [0, 0.05) is 6.54 Å². The van der Waals surface area contributed by atoms with Crippen molar-refractivity contribution in [1.82, 2.24) is 18.4 Å². The third-order valence-electron chi connectivity index (χ3n) is 4.25. The van der Waals surface area contributed by atoms with E-state index >= 15 is 0 Å². The highest BCUT2D eigenvalue weighted by molar-refractivity contribution is 5.71. The molecule has 2 aromatic heterocycles. The lowest BCUT2D eigenvalue weighted by Crippen LogP contribution is -2.39. The van der Waals surface area contributed by atoms with Crippen molar-refractivity contribution in [2.24, 2.45) is 0 Å². The molecule has 0 saturated carbocycles. The first-order valence-corrected chi connectivity index (χ1v) is 7.77. The molecule has 2 unspecified atom stereocenters. The minimum absolute atomic E-state index is 0.0156. The van der Waals surface area contributed by atoms with Crippen LogP contribution < -0.4 is 16.9 Å². The second-order valence-corrected chi connectivity index (χ2v) is 5.99. The summed E-state index contributed by atoms with van der Waals surface area (Å²) in [6.07, 6.45) is 1.20. The fraction of sp³-hybridized carbons (Fsp3) is 0.467. The van der Waals surface area contributed by atoms with Crippen molar-refractivity contribution in [2.45, 2.75) is 31.8 Å². The first kappa shape index (κ1) is 15.6. The molecule has 0 N–H and O–H groups in total. The molecular weight excluding hydrogens is 330 g/mol. The maximum absolute atomic E-state index is 12.8. The predicted molar refractivity (Wildman–Crippen MR) is 86.4 cm³/mol. The Hall–Kier alpha value is -2.90. The van der Waals surface area contributed by atoms with Crippen molar-refractivity contribution in [3.05, 3.63) is 55.5 Å². The van der Waals surface area contributed by atoms with Crippen molar-refractivity contribution in [1.29, 1.82) is 0 Å². The van der Waals surface area contributed by atoms with Gasteiger partial charge in [0.05, 0.1) is 43.2 Å². The average molecular weight is 345 g/mol. The Morgan fingerprint density at radius 2 is 1.64 bits per heavy atom. The van der Waals surface area contributed by atoms with Crippen molar-refractivity contribution in [2.75, 3.05) is 13.2 Å². The number of hydrogen-bond donors (Lipinski definition) is 0. The average Bonchev–Trinajstić information content (AvgIpc) is 3.49. The van der Waals surface area contributed by atoms with Crippen LogP contribution in [0, 0.1) is 6.57 Å². The van der Waals surface area contributed by atoms with Crippen LogP contribution in [0.5, 0.6) is 0 Å². The Labute approximate surface area is 140 Å². The van der Waals surface area contributed by atoms with Gasteiger partial charge >= 0.3 is 16.9 Å². The molecule has 25 heavy (non-hydrogen) atoms. The van der Waals surface area contributed by atoms with Gasteiger partial charge in [0.25, 0.3) is 0 Å². The number of ether oxygens (including phenoxy) is 2. The van der Waals surface area contributed by atoms with Crippen LogP contribution in [0.15, 0.2) is 27.0 Å². The van der Waals surface area contributed by atoms with Gasteiger partial charge in [0.15, 0.2) is 11.2 Å². The van der Waals surface area contributed by atoms with Gasteiger partial charge < -0.3 is 9.47 Å². The number of imidazole rings is 1. The van der Waals surface area contributed by atoms with E-state index in [4.69, 9.17) is 16.0 Å².